The summed E-state index contributed by atoms with van der Waals surface area (Å²) in [6.45, 7) is 0. The Morgan fingerprint density at radius 1 is 1.64 bits per heavy atom. The highest BCUT2D eigenvalue weighted by Crippen LogP contribution is 2.23. The zero-order valence-electron chi connectivity index (χ0n) is 5.69. The third-order valence-corrected chi connectivity index (χ3v) is 1.58. The Hall–Kier alpha value is -1.29. The van der Waals surface area contributed by atoms with Crippen LogP contribution in [0.2, 0.25) is 0 Å². The van der Waals surface area contributed by atoms with Crippen LogP contribution in [0.1, 0.15) is 6.42 Å². The monoisotopic (exact) mass is 156 g/mol. The average Bonchev–Trinajstić information content (AvgIpc) is 1.95. The molecule has 1 aliphatic rings. The molecule has 0 radical (unpaired) electrons. The minimum Gasteiger partial charge on any atom is -0.509 e. The summed E-state index contributed by atoms with van der Waals surface area (Å²) in [5.41, 5.74) is -2.12. The van der Waals surface area contributed by atoms with Gasteiger partial charge in [-0.2, -0.15) is 0 Å². The Morgan fingerprint density at radius 2 is 2.27 bits per heavy atom. The van der Waals surface area contributed by atoms with Gasteiger partial charge in [0.25, 0.3) is 0 Å². The van der Waals surface area contributed by atoms with E-state index in [9.17, 15) is 9.90 Å². The molecule has 4 nitrogen and oxygen atoms in total. The molecule has 0 aromatic rings. The van der Waals surface area contributed by atoms with Gasteiger partial charge in [0.05, 0.1) is 0 Å². The molecule has 1 rings (SSSR count). The predicted octanol–water partition coefficient (Wildman–Crippen LogP) is 0.204. The molecule has 4 heteroatoms. The molecule has 1 atom stereocenters. The van der Waals surface area contributed by atoms with Gasteiger partial charge in [0.15, 0.2) is 0 Å². The van der Waals surface area contributed by atoms with E-state index in [1.54, 1.807) is 0 Å². The normalized spacial score (nSPS) is 29.7. The topological polar surface area (TPSA) is 77.8 Å². The van der Waals surface area contributed by atoms with Crippen LogP contribution in [0.5, 0.6) is 0 Å². The lowest BCUT2D eigenvalue weighted by Crippen LogP contribution is -2.40. The lowest BCUT2D eigenvalue weighted by Gasteiger charge is -2.22. The van der Waals surface area contributed by atoms with Crippen LogP contribution in [0.25, 0.3) is 0 Å². The van der Waals surface area contributed by atoms with Crippen LogP contribution in [0.3, 0.4) is 0 Å². The van der Waals surface area contributed by atoms with Crippen LogP contribution >= 0.6 is 0 Å². The van der Waals surface area contributed by atoms with E-state index < -0.39 is 17.3 Å². The molecule has 0 heterocycles. The molecular weight excluding hydrogens is 148 g/mol. The second-order valence-corrected chi connectivity index (χ2v) is 2.35. The van der Waals surface area contributed by atoms with Gasteiger partial charge in [-0.25, -0.2) is 4.79 Å². The third kappa shape index (κ3) is 1.12. The number of allylic oxidation sites excluding steroid dienone is 2. The number of hydrogen-bond donors (Lipinski definition) is 3. The van der Waals surface area contributed by atoms with Crippen LogP contribution in [0, 0.1) is 0 Å². The molecule has 0 fully saturated rings. The second kappa shape index (κ2) is 2.39. The summed E-state index contributed by atoms with van der Waals surface area (Å²) in [6, 6.07) is 0. The molecule has 0 bridgehead atoms. The van der Waals surface area contributed by atoms with Gasteiger partial charge in [0.2, 0.25) is 5.60 Å². The van der Waals surface area contributed by atoms with Gasteiger partial charge >= 0.3 is 5.97 Å². The molecule has 0 aromatic heterocycles. The Labute approximate surface area is 63.1 Å². The first-order valence-corrected chi connectivity index (χ1v) is 3.09. The van der Waals surface area contributed by atoms with Gasteiger partial charge in [-0.15, -0.1) is 0 Å². The fourth-order valence-electron chi connectivity index (χ4n) is 0.837. The summed E-state index contributed by atoms with van der Waals surface area (Å²) in [5, 5.41) is 26.7. The van der Waals surface area contributed by atoms with Crippen molar-refractivity contribution < 1.29 is 20.1 Å². The second-order valence-electron chi connectivity index (χ2n) is 2.35. The SMILES string of the molecule is O=C(O)C1(O)CC=CC=C1O. The van der Waals surface area contributed by atoms with Crippen molar-refractivity contribution in [3.05, 3.63) is 24.0 Å². The summed E-state index contributed by atoms with van der Waals surface area (Å²) in [5.74, 6) is -1.96. The zero-order valence-corrected chi connectivity index (χ0v) is 5.69. The van der Waals surface area contributed by atoms with Crippen molar-refractivity contribution >= 4 is 5.97 Å². The van der Waals surface area contributed by atoms with Crippen LogP contribution in [0.15, 0.2) is 24.0 Å². The number of aliphatic carboxylic acids is 1. The van der Waals surface area contributed by atoms with Gasteiger partial charge in [-0.1, -0.05) is 12.2 Å². The minimum atomic E-state index is -2.12. The summed E-state index contributed by atoms with van der Waals surface area (Å²) < 4.78 is 0. The van der Waals surface area contributed by atoms with Crippen molar-refractivity contribution in [1.29, 1.82) is 0 Å². The van der Waals surface area contributed by atoms with E-state index in [1.807, 2.05) is 0 Å². The highest BCUT2D eigenvalue weighted by Gasteiger charge is 2.40. The number of aliphatic hydroxyl groups is 2. The van der Waals surface area contributed by atoms with Gasteiger partial charge in [0.1, 0.15) is 5.76 Å². The van der Waals surface area contributed by atoms with Crippen molar-refractivity contribution in [3.63, 3.8) is 0 Å². The standard InChI is InChI=1S/C7H8O4/c8-5-3-1-2-4-7(5,11)6(9)10/h1-3,8,11H,4H2,(H,9,10). The van der Waals surface area contributed by atoms with E-state index in [2.05, 4.69) is 0 Å². The van der Waals surface area contributed by atoms with Crippen LogP contribution in [0.4, 0.5) is 0 Å². The summed E-state index contributed by atoms with van der Waals surface area (Å²) in [4.78, 5) is 10.4. The molecule has 0 aromatic carbocycles. The molecule has 11 heavy (non-hydrogen) atoms. The summed E-state index contributed by atoms with van der Waals surface area (Å²) in [7, 11) is 0. The number of rotatable bonds is 1. The lowest BCUT2D eigenvalue weighted by molar-refractivity contribution is -0.157. The highest BCUT2D eigenvalue weighted by molar-refractivity contribution is 5.81. The summed E-state index contributed by atoms with van der Waals surface area (Å²) in [6.07, 6.45) is 4.04. The summed E-state index contributed by atoms with van der Waals surface area (Å²) >= 11 is 0. The fourth-order valence-corrected chi connectivity index (χ4v) is 0.837. The number of carboxylic acids is 1. The van der Waals surface area contributed by atoms with Crippen molar-refractivity contribution in [1.82, 2.24) is 0 Å². The van der Waals surface area contributed by atoms with Gasteiger partial charge in [0, 0.05) is 6.42 Å². The van der Waals surface area contributed by atoms with Crippen LogP contribution in [-0.4, -0.2) is 26.9 Å². The van der Waals surface area contributed by atoms with Crippen molar-refractivity contribution in [3.8, 4) is 0 Å². The quantitative estimate of drug-likeness (QED) is 0.507. The minimum absolute atomic E-state index is 0.0926. The maximum absolute atomic E-state index is 10.4. The third-order valence-electron chi connectivity index (χ3n) is 1.58. The Kier molecular flexibility index (Phi) is 1.70. The number of aliphatic hydroxyl groups excluding tert-OH is 1. The molecule has 3 N–H and O–H groups in total. The maximum Gasteiger partial charge on any atom is 0.344 e. The van der Waals surface area contributed by atoms with E-state index in [4.69, 9.17) is 10.2 Å². The lowest BCUT2D eigenvalue weighted by atomic mass is 9.93. The van der Waals surface area contributed by atoms with E-state index in [1.165, 1.54) is 12.2 Å². The Morgan fingerprint density at radius 3 is 2.64 bits per heavy atom. The Bertz CT molecular complexity index is 241. The molecule has 0 amide bonds. The highest BCUT2D eigenvalue weighted by atomic mass is 16.4. The average molecular weight is 156 g/mol. The molecule has 0 saturated heterocycles. The smallest absolute Gasteiger partial charge is 0.344 e. The van der Waals surface area contributed by atoms with Crippen LogP contribution < -0.4 is 0 Å². The van der Waals surface area contributed by atoms with E-state index in [0.717, 1.165) is 6.08 Å². The molecule has 0 aliphatic heterocycles. The first-order chi connectivity index (χ1) is 5.07. The zero-order chi connectivity index (χ0) is 8.48. The molecule has 0 saturated carbocycles. The number of carbonyl (C=O) groups is 1. The van der Waals surface area contributed by atoms with Crippen molar-refractivity contribution in [2.24, 2.45) is 0 Å². The fraction of sp³-hybridized carbons (Fsp3) is 0.286. The maximum atomic E-state index is 10.4. The first-order valence-electron chi connectivity index (χ1n) is 3.09. The number of hydrogen-bond acceptors (Lipinski definition) is 3. The molecule has 1 aliphatic carbocycles. The molecule has 1 unspecified atom stereocenters. The molecule has 60 valence electrons. The van der Waals surface area contributed by atoms with Gasteiger partial charge in [-0.3, -0.25) is 0 Å². The van der Waals surface area contributed by atoms with Gasteiger partial charge < -0.3 is 15.3 Å². The van der Waals surface area contributed by atoms with Crippen molar-refractivity contribution in [2.75, 3.05) is 0 Å². The largest absolute Gasteiger partial charge is 0.509 e. The van der Waals surface area contributed by atoms with E-state index in [0.29, 0.717) is 0 Å². The van der Waals surface area contributed by atoms with Crippen molar-refractivity contribution in [2.45, 2.75) is 12.0 Å². The van der Waals surface area contributed by atoms with Crippen LogP contribution in [-0.2, 0) is 4.79 Å². The Balaban J connectivity index is 2.97. The van der Waals surface area contributed by atoms with E-state index in [-0.39, 0.29) is 6.42 Å². The van der Waals surface area contributed by atoms with Gasteiger partial charge in [-0.05, 0) is 6.08 Å². The van der Waals surface area contributed by atoms with E-state index >= 15 is 0 Å². The predicted molar refractivity (Wildman–Crippen MR) is 37.1 cm³/mol. The number of carboxylic acid groups (broad SMARTS) is 1. The molecule has 0 spiro atoms. The first kappa shape index (κ1) is 7.81. The molecular formula is C7H8O4.